The lowest BCUT2D eigenvalue weighted by atomic mass is 9.81. The van der Waals surface area contributed by atoms with Gasteiger partial charge in [0.15, 0.2) is 5.78 Å². The highest BCUT2D eigenvalue weighted by molar-refractivity contribution is 7.10. The zero-order valence-corrected chi connectivity index (χ0v) is 18.7. The van der Waals surface area contributed by atoms with Crippen LogP contribution in [0.25, 0.3) is 0 Å². The van der Waals surface area contributed by atoms with Crippen LogP contribution in [0.5, 0.6) is 0 Å². The molecule has 6 nitrogen and oxygen atoms in total. The molecule has 0 saturated carbocycles. The molecule has 2 heterocycles. The van der Waals surface area contributed by atoms with Gasteiger partial charge in [-0.15, -0.1) is 11.3 Å². The van der Waals surface area contributed by atoms with Gasteiger partial charge >= 0.3 is 0 Å². The summed E-state index contributed by atoms with van der Waals surface area (Å²) < 4.78 is 5.25. The number of nitrogens with zero attached hydrogens (tertiary/aromatic N) is 1. The van der Waals surface area contributed by atoms with Crippen LogP contribution in [0, 0.1) is 0 Å². The molecule has 1 aliphatic rings. The monoisotopic (exact) mass is 448 g/mol. The van der Waals surface area contributed by atoms with E-state index in [0.29, 0.717) is 35.5 Å². The lowest BCUT2D eigenvalue weighted by Crippen LogP contribution is -2.47. The normalized spacial score (nSPS) is 17.7. The first-order chi connectivity index (χ1) is 15.5. The van der Waals surface area contributed by atoms with Crippen molar-refractivity contribution in [2.45, 2.75) is 18.9 Å². The lowest BCUT2D eigenvalue weighted by molar-refractivity contribution is -0.119. The van der Waals surface area contributed by atoms with Crippen LogP contribution >= 0.6 is 11.3 Å². The Hall–Kier alpha value is -3.29. The van der Waals surface area contributed by atoms with Gasteiger partial charge in [-0.1, -0.05) is 36.4 Å². The standard InChI is InChI=1S/C25H24N2O4S/c1-16(28)17-7-5-8-18(15-17)26-24(29)22-19-9-3-4-10-20(19)25(30)27(12-13-31-2)23(22)21-11-6-14-32-21/h3-11,14-15,22-23H,12-13H2,1-2H3,(H,26,29)/t22-,23-/m0/s1. The van der Waals surface area contributed by atoms with Gasteiger partial charge in [-0.25, -0.2) is 0 Å². The number of amides is 2. The Balaban J connectivity index is 1.78. The van der Waals surface area contributed by atoms with Gasteiger partial charge in [0, 0.05) is 35.3 Å². The van der Waals surface area contributed by atoms with Gasteiger partial charge in [0.1, 0.15) is 0 Å². The maximum atomic E-state index is 13.7. The SMILES string of the molecule is COCCN1C(=O)c2ccccc2[C@H](C(=O)Nc2cccc(C(C)=O)c2)[C@@H]1c1cccs1. The Morgan fingerprint density at radius 1 is 1.09 bits per heavy atom. The van der Waals surface area contributed by atoms with E-state index in [4.69, 9.17) is 4.74 Å². The van der Waals surface area contributed by atoms with Crippen LogP contribution in [-0.4, -0.2) is 42.8 Å². The van der Waals surface area contributed by atoms with E-state index in [2.05, 4.69) is 5.32 Å². The molecule has 1 aliphatic heterocycles. The van der Waals surface area contributed by atoms with E-state index in [1.165, 1.54) is 18.3 Å². The van der Waals surface area contributed by atoms with Gasteiger partial charge in [0.2, 0.25) is 5.91 Å². The smallest absolute Gasteiger partial charge is 0.254 e. The zero-order chi connectivity index (χ0) is 22.7. The van der Waals surface area contributed by atoms with Crippen molar-refractivity contribution in [1.82, 2.24) is 4.90 Å². The van der Waals surface area contributed by atoms with Crippen LogP contribution in [0.1, 0.15) is 50.0 Å². The molecule has 0 spiro atoms. The number of methoxy groups -OCH3 is 1. The van der Waals surface area contributed by atoms with Crippen LogP contribution in [0.15, 0.2) is 66.0 Å². The van der Waals surface area contributed by atoms with Crippen LogP contribution in [0.2, 0.25) is 0 Å². The molecular formula is C25H24N2O4S. The summed E-state index contributed by atoms with van der Waals surface area (Å²) >= 11 is 1.52. The topological polar surface area (TPSA) is 75.7 Å². The predicted molar refractivity (Wildman–Crippen MR) is 124 cm³/mol. The van der Waals surface area contributed by atoms with Crippen molar-refractivity contribution in [2.24, 2.45) is 0 Å². The Morgan fingerprint density at radius 3 is 2.62 bits per heavy atom. The fourth-order valence-corrected chi connectivity index (χ4v) is 5.00. The molecule has 2 aromatic carbocycles. The van der Waals surface area contributed by atoms with Crippen molar-refractivity contribution in [3.8, 4) is 0 Å². The molecule has 7 heteroatoms. The predicted octanol–water partition coefficient (Wildman–Crippen LogP) is 4.52. The lowest BCUT2D eigenvalue weighted by Gasteiger charge is -2.41. The highest BCUT2D eigenvalue weighted by Crippen LogP contribution is 2.44. The Bertz CT molecular complexity index is 1140. The van der Waals surface area contributed by atoms with E-state index < -0.39 is 12.0 Å². The highest BCUT2D eigenvalue weighted by atomic mass is 32.1. The van der Waals surface area contributed by atoms with E-state index >= 15 is 0 Å². The molecule has 0 saturated heterocycles. The molecule has 0 fully saturated rings. The number of ketones is 1. The highest BCUT2D eigenvalue weighted by Gasteiger charge is 2.44. The number of hydrogen-bond acceptors (Lipinski definition) is 5. The van der Waals surface area contributed by atoms with Crippen molar-refractivity contribution < 1.29 is 19.1 Å². The summed E-state index contributed by atoms with van der Waals surface area (Å²) in [5.74, 6) is -1.03. The van der Waals surface area contributed by atoms with E-state index in [-0.39, 0.29) is 17.6 Å². The van der Waals surface area contributed by atoms with Crippen molar-refractivity contribution in [1.29, 1.82) is 0 Å². The maximum absolute atomic E-state index is 13.7. The first-order valence-corrected chi connectivity index (χ1v) is 11.2. The third-order valence-corrected chi connectivity index (χ3v) is 6.57. The van der Waals surface area contributed by atoms with E-state index in [1.807, 2.05) is 35.7 Å². The fraction of sp³-hybridized carbons (Fsp3) is 0.240. The van der Waals surface area contributed by atoms with Crippen molar-refractivity contribution in [3.05, 3.63) is 87.6 Å². The number of hydrogen-bond donors (Lipinski definition) is 1. The quantitative estimate of drug-likeness (QED) is 0.540. The molecular weight excluding hydrogens is 424 g/mol. The number of ether oxygens (including phenoxy) is 1. The first-order valence-electron chi connectivity index (χ1n) is 10.4. The number of thiophene rings is 1. The third-order valence-electron chi connectivity index (χ3n) is 5.63. The fourth-order valence-electron chi connectivity index (χ4n) is 4.12. The summed E-state index contributed by atoms with van der Waals surface area (Å²) in [6.45, 7) is 2.23. The van der Waals surface area contributed by atoms with Gasteiger partial charge in [-0.05, 0) is 42.1 Å². The van der Waals surface area contributed by atoms with Gasteiger partial charge in [0.05, 0.1) is 18.6 Å². The molecule has 32 heavy (non-hydrogen) atoms. The van der Waals surface area contributed by atoms with Gasteiger partial charge in [0.25, 0.3) is 5.91 Å². The number of carbonyl (C=O) groups excluding carboxylic acids is 3. The Labute approximate surface area is 190 Å². The van der Waals surface area contributed by atoms with Crippen molar-refractivity contribution >= 4 is 34.6 Å². The molecule has 164 valence electrons. The number of rotatable bonds is 7. The number of Topliss-reactive ketones (excluding diaryl/α,β-unsaturated/α-hetero) is 1. The van der Waals surface area contributed by atoms with E-state index in [1.54, 1.807) is 42.3 Å². The molecule has 1 N–H and O–H groups in total. The largest absolute Gasteiger partial charge is 0.383 e. The number of fused-ring (bicyclic) bond motifs is 1. The third kappa shape index (κ3) is 4.22. The molecule has 0 radical (unpaired) electrons. The second-order valence-corrected chi connectivity index (χ2v) is 8.62. The minimum atomic E-state index is -0.611. The average molecular weight is 449 g/mol. The summed E-state index contributed by atoms with van der Waals surface area (Å²) in [6, 6.07) is 17.6. The molecule has 3 aromatic rings. The maximum Gasteiger partial charge on any atom is 0.254 e. The number of carbonyl (C=O) groups is 3. The zero-order valence-electron chi connectivity index (χ0n) is 17.9. The van der Waals surface area contributed by atoms with Crippen molar-refractivity contribution in [2.75, 3.05) is 25.6 Å². The van der Waals surface area contributed by atoms with Crippen LogP contribution in [-0.2, 0) is 9.53 Å². The molecule has 0 bridgehead atoms. The van der Waals surface area contributed by atoms with Crippen LogP contribution in [0.3, 0.4) is 0 Å². The second-order valence-electron chi connectivity index (χ2n) is 7.64. The Kier molecular flexibility index (Phi) is 6.48. The van der Waals surface area contributed by atoms with E-state index in [0.717, 1.165) is 4.88 Å². The summed E-state index contributed by atoms with van der Waals surface area (Å²) in [5, 5.41) is 4.92. The minimum Gasteiger partial charge on any atom is -0.383 e. The van der Waals surface area contributed by atoms with Gasteiger partial charge < -0.3 is 15.0 Å². The number of benzene rings is 2. The van der Waals surface area contributed by atoms with Gasteiger partial charge in [-0.2, -0.15) is 0 Å². The summed E-state index contributed by atoms with van der Waals surface area (Å²) in [4.78, 5) is 41.5. The van der Waals surface area contributed by atoms with Gasteiger partial charge in [-0.3, -0.25) is 14.4 Å². The summed E-state index contributed by atoms with van der Waals surface area (Å²) in [6.07, 6.45) is 0. The molecule has 2 amide bonds. The van der Waals surface area contributed by atoms with Crippen LogP contribution < -0.4 is 5.32 Å². The average Bonchev–Trinajstić information content (AvgIpc) is 3.33. The van der Waals surface area contributed by atoms with E-state index in [9.17, 15) is 14.4 Å². The molecule has 0 aliphatic carbocycles. The first kappa shape index (κ1) is 21.9. The second kappa shape index (κ2) is 9.46. The van der Waals surface area contributed by atoms with Crippen molar-refractivity contribution in [3.63, 3.8) is 0 Å². The number of anilines is 1. The molecule has 0 unspecified atom stereocenters. The summed E-state index contributed by atoms with van der Waals surface area (Å²) in [5.41, 5.74) is 2.29. The Morgan fingerprint density at radius 2 is 1.91 bits per heavy atom. The molecule has 2 atom stereocenters. The molecule has 4 rings (SSSR count). The van der Waals surface area contributed by atoms with Crippen LogP contribution in [0.4, 0.5) is 5.69 Å². The minimum absolute atomic E-state index is 0.0723. The summed E-state index contributed by atoms with van der Waals surface area (Å²) in [7, 11) is 1.59. The number of nitrogens with one attached hydrogen (secondary N) is 1. The molecule has 1 aromatic heterocycles.